The first-order valence-electron chi connectivity index (χ1n) is 8.30. The van der Waals surface area contributed by atoms with E-state index in [1.807, 2.05) is 7.05 Å². The molecular weight excluding hydrogens is 276 g/mol. The lowest BCUT2D eigenvalue weighted by atomic mass is 9.89. The highest BCUT2D eigenvalue weighted by Gasteiger charge is 2.27. The average Bonchev–Trinajstić information content (AvgIpc) is 2.54. The van der Waals surface area contributed by atoms with E-state index in [9.17, 15) is 4.79 Å². The Labute approximate surface area is 133 Å². The molecule has 1 saturated heterocycles. The third-order valence-electron chi connectivity index (χ3n) is 4.24. The summed E-state index contributed by atoms with van der Waals surface area (Å²) in [5.41, 5.74) is 2.48. The zero-order chi connectivity index (χ0) is 15.8. The summed E-state index contributed by atoms with van der Waals surface area (Å²) in [7, 11) is 1.91. The normalized spacial score (nSPS) is 21.5. The summed E-state index contributed by atoms with van der Waals surface area (Å²) >= 11 is 0. The molecule has 2 unspecified atom stereocenters. The van der Waals surface area contributed by atoms with E-state index in [0.717, 1.165) is 32.4 Å². The number of nitrogens with one attached hydrogen (secondary N) is 2. The molecule has 0 spiro atoms. The van der Waals surface area contributed by atoms with Gasteiger partial charge in [0.15, 0.2) is 0 Å². The van der Waals surface area contributed by atoms with E-state index in [2.05, 4.69) is 41.8 Å². The van der Waals surface area contributed by atoms with Gasteiger partial charge in [0, 0.05) is 25.5 Å². The van der Waals surface area contributed by atoms with Gasteiger partial charge < -0.3 is 15.4 Å². The van der Waals surface area contributed by atoms with Gasteiger partial charge in [-0.2, -0.15) is 0 Å². The lowest BCUT2D eigenvalue weighted by Crippen LogP contribution is -2.35. The Morgan fingerprint density at radius 3 is 2.82 bits per heavy atom. The number of amides is 1. The standard InChI is InChI=1S/C18H28N2O2/c1-14-7-9-15(10-8-14)18-16(5-4-12-22-18)13-20-17(21)6-3-11-19-2/h7-10,16,18-19H,3-6,11-13H2,1-2H3,(H,20,21). The maximum Gasteiger partial charge on any atom is 0.220 e. The van der Waals surface area contributed by atoms with Crippen LogP contribution in [0.4, 0.5) is 0 Å². The number of rotatable bonds is 7. The number of benzene rings is 1. The molecule has 2 atom stereocenters. The summed E-state index contributed by atoms with van der Waals surface area (Å²) in [4.78, 5) is 11.9. The average molecular weight is 304 g/mol. The number of hydrogen-bond acceptors (Lipinski definition) is 3. The first kappa shape index (κ1) is 17.0. The third kappa shape index (κ3) is 5.11. The van der Waals surface area contributed by atoms with E-state index < -0.39 is 0 Å². The van der Waals surface area contributed by atoms with Gasteiger partial charge in [0.2, 0.25) is 5.91 Å². The third-order valence-corrected chi connectivity index (χ3v) is 4.24. The molecule has 0 aromatic heterocycles. The van der Waals surface area contributed by atoms with Crippen molar-refractivity contribution >= 4 is 5.91 Å². The van der Waals surface area contributed by atoms with E-state index in [1.54, 1.807) is 0 Å². The molecule has 0 radical (unpaired) electrons. The summed E-state index contributed by atoms with van der Waals surface area (Å²) in [5, 5.41) is 6.14. The molecule has 122 valence electrons. The fourth-order valence-corrected chi connectivity index (χ4v) is 2.94. The van der Waals surface area contributed by atoms with E-state index in [1.165, 1.54) is 11.1 Å². The van der Waals surface area contributed by atoms with Crippen LogP contribution in [0.15, 0.2) is 24.3 Å². The number of hydrogen-bond donors (Lipinski definition) is 2. The molecule has 0 saturated carbocycles. The molecule has 4 heteroatoms. The lowest BCUT2D eigenvalue weighted by molar-refractivity contribution is -0.122. The highest BCUT2D eigenvalue weighted by atomic mass is 16.5. The van der Waals surface area contributed by atoms with Crippen LogP contribution in [-0.4, -0.2) is 32.7 Å². The van der Waals surface area contributed by atoms with Crippen LogP contribution in [0.2, 0.25) is 0 Å². The van der Waals surface area contributed by atoms with E-state index >= 15 is 0 Å². The van der Waals surface area contributed by atoms with Crippen LogP contribution < -0.4 is 10.6 Å². The topological polar surface area (TPSA) is 50.4 Å². The zero-order valence-corrected chi connectivity index (χ0v) is 13.7. The molecule has 1 aliphatic rings. The Morgan fingerprint density at radius 1 is 1.32 bits per heavy atom. The van der Waals surface area contributed by atoms with Gasteiger partial charge in [-0.3, -0.25) is 4.79 Å². The zero-order valence-electron chi connectivity index (χ0n) is 13.7. The molecule has 1 aromatic rings. The molecule has 1 aromatic carbocycles. The second-order valence-corrected chi connectivity index (χ2v) is 6.12. The van der Waals surface area contributed by atoms with Crippen molar-refractivity contribution in [2.45, 2.75) is 38.7 Å². The van der Waals surface area contributed by atoms with Gasteiger partial charge in [-0.05, 0) is 45.3 Å². The smallest absolute Gasteiger partial charge is 0.220 e. The highest BCUT2D eigenvalue weighted by Crippen LogP contribution is 2.33. The minimum Gasteiger partial charge on any atom is -0.373 e. The van der Waals surface area contributed by atoms with Crippen molar-refractivity contribution in [2.24, 2.45) is 5.92 Å². The molecule has 4 nitrogen and oxygen atoms in total. The van der Waals surface area contributed by atoms with Gasteiger partial charge in [0.1, 0.15) is 0 Å². The number of carbonyl (C=O) groups is 1. The summed E-state index contributed by atoms with van der Waals surface area (Å²) in [5.74, 6) is 0.508. The molecule has 0 bridgehead atoms. The molecule has 1 fully saturated rings. The largest absolute Gasteiger partial charge is 0.373 e. The first-order chi connectivity index (χ1) is 10.7. The SMILES string of the molecule is CNCCCC(=O)NCC1CCCOC1c1ccc(C)cc1. The first-order valence-corrected chi connectivity index (χ1v) is 8.30. The van der Waals surface area contributed by atoms with Crippen molar-refractivity contribution in [2.75, 3.05) is 26.7 Å². The molecule has 1 amide bonds. The van der Waals surface area contributed by atoms with Gasteiger partial charge in [0.05, 0.1) is 6.10 Å². The molecule has 2 N–H and O–H groups in total. The highest BCUT2D eigenvalue weighted by molar-refractivity contribution is 5.75. The fourth-order valence-electron chi connectivity index (χ4n) is 2.94. The predicted octanol–water partition coefficient (Wildman–Crippen LogP) is 2.58. The Morgan fingerprint density at radius 2 is 2.09 bits per heavy atom. The van der Waals surface area contributed by atoms with E-state index in [4.69, 9.17) is 4.74 Å². The Bertz CT molecular complexity index is 459. The number of ether oxygens (including phenoxy) is 1. The number of aryl methyl sites for hydroxylation is 1. The molecule has 1 aliphatic heterocycles. The van der Waals surface area contributed by atoms with Crippen molar-refractivity contribution in [3.8, 4) is 0 Å². The van der Waals surface area contributed by atoms with Crippen molar-refractivity contribution < 1.29 is 9.53 Å². The second-order valence-electron chi connectivity index (χ2n) is 6.12. The Balaban J connectivity index is 1.87. The second kappa shape index (κ2) is 8.91. The summed E-state index contributed by atoms with van der Waals surface area (Å²) in [6.07, 6.45) is 3.75. The van der Waals surface area contributed by atoms with Crippen LogP contribution in [-0.2, 0) is 9.53 Å². The monoisotopic (exact) mass is 304 g/mol. The fraction of sp³-hybridized carbons (Fsp3) is 0.611. The van der Waals surface area contributed by atoms with Crippen molar-refractivity contribution in [3.05, 3.63) is 35.4 Å². The molecule has 1 heterocycles. The molecular formula is C18H28N2O2. The summed E-state index contributed by atoms with van der Waals surface area (Å²) < 4.78 is 5.99. The summed E-state index contributed by atoms with van der Waals surface area (Å²) in [6, 6.07) is 8.54. The molecule has 22 heavy (non-hydrogen) atoms. The van der Waals surface area contributed by atoms with Crippen molar-refractivity contribution in [3.63, 3.8) is 0 Å². The van der Waals surface area contributed by atoms with Gasteiger partial charge in [0.25, 0.3) is 0 Å². The summed E-state index contributed by atoms with van der Waals surface area (Å²) in [6.45, 7) is 4.49. The van der Waals surface area contributed by atoms with Crippen LogP contribution in [0.1, 0.15) is 42.9 Å². The van der Waals surface area contributed by atoms with Crippen LogP contribution in [0.3, 0.4) is 0 Å². The van der Waals surface area contributed by atoms with Gasteiger partial charge in [-0.15, -0.1) is 0 Å². The van der Waals surface area contributed by atoms with Crippen molar-refractivity contribution in [1.82, 2.24) is 10.6 Å². The van der Waals surface area contributed by atoms with Crippen LogP contribution in [0.5, 0.6) is 0 Å². The van der Waals surface area contributed by atoms with E-state index in [0.29, 0.717) is 18.9 Å². The van der Waals surface area contributed by atoms with Gasteiger partial charge >= 0.3 is 0 Å². The van der Waals surface area contributed by atoms with Crippen molar-refractivity contribution in [1.29, 1.82) is 0 Å². The number of carbonyl (C=O) groups excluding carboxylic acids is 1. The van der Waals surface area contributed by atoms with Crippen LogP contribution in [0.25, 0.3) is 0 Å². The maximum absolute atomic E-state index is 11.9. The Hall–Kier alpha value is -1.39. The minimum atomic E-state index is 0.104. The minimum absolute atomic E-state index is 0.104. The molecule has 2 rings (SSSR count). The van der Waals surface area contributed by atoms with Gasteiger partial charge in [-0.25, -0.2) is 0 Å². The molecule has 0 aliphatic carbocycles. The quantitative estimate of drug-likeness (QED) is 0.761. The van der Waals surface area contributed by atoms with E-state index in [-0.39, 0.29) is 12.0 Å². The van der Waals surface area contributed by atoms with Crippen LogP contribution in [0, 0.1) is 12.8 Å². The Kier molecular flexibility index (Phi) is 6.87. The van der Waals surface area contributed by atoms with Crippen LogP contribution >= 0.6 is 0 Å². The van der Waals surface area contributed by atoms with Gasteiger partial charge in [-0.1, -0.05) is 29.8 Å². The predicted molar refractivity (Wildman–Crippen MR) is 88.8 cm³/mol. The maximum atomic E-state index is 11.9. The lowest BCUT2D eigenvalue weighted by Gasteiger charge is -2.32.